The molecule has 0 aromatic carbocycles. The Bertz CT molecular complexity index is 251. The van der Waals surface area contributed by atoms with Crippen LogP contribution in [0.15, 0.2) is 0 Å². The Hall–Kier alpha value is -0.0800. The molecule has 3 aliphatic rings. The molecule has 3 rings (SSSR count). The Morgan fingerprint density at radius 3 is 2.69 bits per heavy atom. The number of nitrogens with two attached hydrogens (primary N) is 1. The zero-order valence-corrected chi connectivity index (χ0v) is 10.6. The molecule has 92 valence electrons. The first-order chi connectivity index (χ1) is 7.74. The summed E-state index contributed by atoms with van der Waals surface area (Å²) in [6, 6.07) is 0.524. The van der Waals surface area contributed by atoms with Crippen LogP contribution in [0.1, 0.15) is 39.0 Å². The lowest BCUT2D eigenvalue weighted by atomic mass is 9.84. The number of hydrogen-bond acceptors (Lipinski definition) is 2. The fourth-order valence-electron chi connectivity index (χ4n) is 4.48. The smallest absolute Gasteiger partial charge is 0.0111 e. The van der Waals surface area contributed by atoms with Crippen molar-refractivity contribution in [2.75, 3.05) is 19.6 Å². The van der Waals surface area contributed by atoms with Crippen LogP contribution in [0.4, 0.5) is 0 Å². The molecular formula is C14H26N2. The van der Waals surface area contributed by atoms with Crippen molar-refractivity contribution in [2.24, 2.45) is 29.4 Å². The largest absolute Gasteiger partial charge is 0.327 e. The molecule has 16 heavy (non-hydrogen) atoms. The van der Waals surface area contributed by atoms with E-state index >= 15 is 0 Å². The van der Waals surface area contributed by atoms with Crippen molar-refractivity contribution >= 4 is 0 Å². The molecule has 1 heterocycles. The maximum absolute atomic E-state index is 6.39. The zero-order valence-electron chi connectivity index (χ0n) is 10.6. The number of fused-ring (bicyclic) bond motifs is 2. The second-order valence-electron chi connectivity index (χ2n) is 6.58. The van der Waals surface area contributed by atoms with Gasteiger partial charge in [-0.1, -0.05) is 6.92 Å². The van der Waals surface area contributed by atoms with Gasteiger partial charge in [-0.05, 0) is 62.3 Å². The van der Waals surface area contributed by atoms with E-state index < -0.39 is 0 Å². The Balaban J connectivity index is 1.58. The van der Waals surface area contributed by atoms with E-state index in [1.807, 2.05) is 0 Å². The van der Waals surface area contributed by atoms with Crippen LogP contribution >= 0.6 is 0 Å². The highest BCUT2D eigenvalue weighted by Crippen LogP contribution is 2.47. The highest BCUT2D eigenvalue weighted by Gasteiger charge is 2.46. The fourth-order valence-corrected chi connectivity index (χ4v) is 4.48. The van der Waals surface area contributed by atoms with Crippen LogP contribution in [0.25, 0.3) is 0 Å². The van der Waals surface area contributed by atoms with E-state index in [0.717, 1.165) is 23.7 Å². The van der Waals surface area contributed by atoms with Crippen molar-refractivity contribution in [3.8, 4) is 0 Å². The second-order valence-corrected chi connectivity index (χ2v) is 6.58. The van der Waals surface area contributed by atoms with E-state index in [4.69, 9.17) is 5.73 Å². The van der Waals surface area contributed by atoms with Crippen LogP contribution in [-0.4, -0.2) is 30.6 Å². The summed E-state index contributed by atoms with van der Waals surface area (Å²) in [7, 11) is 0. The van der Waals surface area contributed by atoms with Crippen LogP contribution in [-0.2, 0) is 0 Å². The van der Waals surface area contributed by atoms with Crippen LogP contribution in [0.2, 0.25) is 0 Å². The predicted molar refractivity (Wildman–Crippen MR) is 67.1 cm³/mol. The van der Waals surface area contributed by atoms with Crippen LogP contribution < -0.4 is 5.73 Å². The number of hydrogen-bond donors (Lipinski definition) is 1. The van der Waals surface area contributed by atoms with Gasteiger partial charge in [-0.25, -0.2) is 0 Å². The third-order valence-corrected chi connectivity index (χ3v) is 5.37. The molecule has 0 aromatic rings. The van der Waals surface area contributed by atoms with E-state index in [-0.39, 0.29) is 0 Å². The molecule has 2 aliphatic carbocycles. The summed E-state index contributed by atoms with van der Waals surface area (Å²) >= 11 is 0. The van der Waals surface area contributed by atoms with Crippen molar-refractivity contribution in [3.05, 3.63) is 0 Å². The van der Waals surface area contributed by atoms with E-state index in [0.29, 0.717) is 6.04 Å². The molecule has 5 atom stereocenters. The monoisotopic (exact) mass is 222 g/mol. The summed E-state index contributed by atoms with van der Waals surface area (Å²) in [5.74, 6) is 3.57. The molecule has 2 heteroatoms. The molecule has 1 aliphatic heterocycles. The third-order valence-electron chi connectivity index (χ3n) is 5.37. The van der Waals surface area contributed by atoms with Crippen molar-refractivity contribution in [3.63, 3.8) is 0 Å². The summed E-state index contributed by atoms with van der Waals surface area (Å²) in [6.45, 7) is 6.34. The van der Waals surface area contributed by atoms with Gasteiger partial charge in [0, 0.05) is 19.1 Å². The van der Waals surface area contributed by atoms with Crippen molar-refractivity contribution in [1.82, 2.24) is 4.90 Å². The topological polar surface area (TPSA) is 29.3 Å². The molecule has 1 saturated heterocycles. The number of likely N-dealkylation sites (tertiary alicyclic amines) is 1. The first-order valence-electron chi connectivity index (χ1n) is 7.22. The minimum absolute atomic E-state index is 0.524. The van der Waals surface area contributed by atoms with Gasteiger partial charge in [0.2, 0.25) is 0 Å². The molecule has 5 unspecified atom stereocenters. The average molecular weight is 222 g/mol. The molecular weight excluding hydrogens is 196 g/mol. The number of piperidine rings is 1. The number of nitrogens with zero attached hydrogens (tertiary/aromatic N) is 1. The van der Waals surface area contributed by atoms with Gasteiger partial charge in [-0.15, -0.1) is 0 Å². The first kappa shape index (κ1) is 11.0. The molecule has 0 amide bonds. The van der Waals surface area contributed by atoms with E-state index in [1.165, 1.54) is 51.7 Å². The van der Waals surface area contributed by atoms with Gasteiger partial charge in [0.25, 0.3) is 0 Å². The van der Waals surface area contributed by atoms with Crippen LogP contribution in [0.5, 0.6) is 0 Å². The minimum Gasteiger partial charge on any atom is -0.327 e. The third kappa shape index (κ3) is 1.91. The lowest BCUT2D eigenvalue weighted by Gasteiger charge is -2.37. The minimum atomic E-state index is 0.524. The molecule has 0 radical (unpaired) electrons. The van der Waals surface area contributed by atoms with E-state index in [2.05, 4.69) is 11.8 Å². The molecule has 2 nitrogen and oxygen atoms in total. The summed E-state index contributed by atoms with van der Waals surface area (Å²) < 4.78 is 0. The van der Waals surface area contributed by atoms with Gasteiger partial charge in [-0.2, -0.15) is 0 Å². The lowest BCUT2D eigenvalue weighted by Crippen LogP contribution is -2.45. The summed E-state index contributed by atoms with van der Waals surface area (Å²) in [5.41, 5.74) is 6.39. The Kier molecular flexibility index (Phi) is 2.97. The fraction of sp³-hybridized carbons (Fsp3) is 1.00. The highest BCUT2D eigenvalue weighted by atomic mass is 15.1. The van der Waals surface area contributed by atoms with E-state index in [1.54, 1.807) is 0 Å². The van der Waals surface area contributed by atoms with Gasteiger partial charge in [-0.3, -0.25) is 0 Å². The molecule has 0 spiro atoms. The van der Waals surface area contributed by atoms with Gasteiger partial charge in [0.15, 0.2) is 0 Å². The standard InChI is InChI=1S/C14H26N2/c1-10-3-2-6-16(8-10)9-13-11-4-5-12(7-11)14(13)15/h10-14H,2-9,15H2,1H3. The maximum atomic E-state index is 6.39. The maximum Gasteiger partial charge on any atom is 0.0111 e. The SMILES string of the molecule is CC1CCCN(CC2C3CCC(C3)C2N)C1. The second kappa shape index (κ2) is 4.30. The quantitative estimate of drug-likeness (QED) is 0.775. The van der Waals surface area contributed by atoms with Crippen molar-refractivity contribution < 1.29 is 0 Å². The molecule has 2 bridgehead atoms. The predicted octanol–water partition coefficient (Wildman–Crippen LogP) is 2.09. The normalized spacial score (nSPS) is 48.8. The van der Waals surface area contributed by atoms with Gasteiger partial charge < -0.3 is 10.6 Å². The average Bonchev–Trinajstić information content (AvgIpc) is 2.82. The van der Waals surface area contributed by atoms with Crippen molar-refractivity contribution in [2.45, 2.75) is 45.1 Å². The Morgan fingerprint density at radius 1 is 1.19 bits per heavy atom. The van der Waals surface area contributed by atoms with Crippen LogP contribution in [0, 0.1) is 23.7 Å². The molecule has 0 aromatic heterocycles. The van der Waals surface area contributed by atoms with Crippen molar-refractivity contribution in [1.29, 1.82) is 0 Å². The van der Waals surface area contributed by atoms with Gasteiger partial charge in [0.1, 0.15) is 0 Å². The number of rotatable bonds is 2. The summed E-state index contributed by atoms with van der Waals surface area (Å²) in [6.07, 6.45) is 7.15. The van der Waals surface area contributed by atoms with Crippen LogP contribution in [0.3, 0.4) is 0 Å². The molecule has 2 saturated carbocycles. The Morgan fingerprint density at radius 2 is 2.00 bits per heavy atom. The van der Waals surface area contributed by atoms with Gasteiger partial charge in [0.05, 0.1) is 0 Å². The van der Waals surface area contributed by atoms with E-state index in [9.17, 15) is 0 Å². The highest BCUT2D eigenvalue weighted by molar-refractivity contribution is 5.00. The molecule has 2 N–H and O–H groups in total. The Labute approximate surface area is 99.6 Å². The lowest BCUT2D eigenvalue weighted by molar-refractivity contribution is 0.129. The first-order valence-corrected chi connectivity index (χ1v) is 7.22. The van der Waals surface area contributed by atoms with Gasteiger partial charge >= 0.3 is 0 Å². The summed E-state index contributed by atoms with van der Waals surface area (Å²) in [4.78, 5) is 2.69. The summed E-state index contributed by atoms with van der Waals surface area (Å²) in [5, 5.41) is 0. The molecule has 3 fully saturated rings. The zero-order chi connectivity index (χ0) is 11.1.